The zero-order valence-corrected chi connectivity index (χ0v) is 17.0. The molecule has 1 N–H and O–H groups in total. The van der Waals surface area contributed by atoms with Crippen molar-refractivity contribution in [3.63, 3.8) is 0 Å². The van der Waals surface area contributed by atoms with Gasteiger partial charge in [-0.15, -0.1) is 0 Å². The molecule has 0 saturated carbocycles. The molecule has 146 valence electrons. The summed E-state index contributed by atoms with van der Waals surface area (Å²) < 4.78 is 11.5. The lowest BCUT2D eigenvalue weighted by Crippen LogP contribution is -2.37. The smallest absolute Gasteiger partial charge is 0.161 e. The van der Waals surface area contributed by atoms with Crippen LogP contribution in [-0.4, -0.2) is 37.7 Å². The molecule has 0 aliphatic carbocycles. The Bertz CT molecular complexity index is 721. The van der Waals surface area contributed by atoms with Gasteiger partial charge in [0.1, 0.15) is 6.61 Å². The van der Waals surface area contributed by atoms with Crippen molar-refractivity contribution in [2.75, 3.05) is 26.7 Å². The van der Waals surface area contributed by atoms with Crippen molar-refractivity contribution in [1.29, 1.82) is 0 Å². The number of ether oxygens (including phenoxy) is 2. The average Bonchev–Trinajstić information content (AvgIpc) is 3.15. The van der Waals surface area contributed by atoms with Crippen LogP contribution in [0.1, 0.15) is 30.9 Å². The molecule has 3 rings (SSSR count). The number of nitrogens with one attached hydrogen (secondary N) is 1. The van der Waals surface area contributed by atoms with Gasteiger partial charge in [-0.25, -0.2) is 0 Å². The second-order valence-electron chi connectivity index (χ2n) is 6.96. The summed E-state index contributed by atoms with van der Waals surface area (Å²) >= 11 is 5.92. The van der Waals surface area contributed by atoms with Gasteiger partial charge in [-0.2, -0.15) is 0 Å². The summed E-state index contributed by atoms with van der Waals surface area (Å²) in [5, 5.41) is 4.32. The summed E-state index contributed by atoms with van der Waals surface area (Å²) in [7, 11) is 1.68. The molecule has 4 nitrogen and oxygen atoms in total. The van der Waals surface area contributed by atoms with Gasteiger partial charge in [-0.3, -0.25) is 4.90 Å². The molecule has 0 spiro atoms. The lowest BCUT2D eigenvalue weighted by molar-refractivity contribution is 0.260. The third-order valence-corrected chi connectivity index (χ3v) is 5.40. The number of hydrogen-bond acceptors (Lipinski definition) is 4. The molecule has 2 aromatic carbocycles. The van der Waals surface area contributed by atoms with E-state index in [0.717, 1.165) is 41.7 Å². The molecule has 1 aliphatic rings. The first kappa shape index (κ1) is 20.0. The molecular weight excluding hydrogens is 360 g/mol. The van der Waals surface area contributed by atoms with E-state index in [-0.39, 0.29) is 0 Å². The summed E-state index contributed by atoms with van der Waals surface area (Å²) in [5.41, 5.74) is 2.27. The molecule has 1 heterocycles. The highest BCUT2D eigenvalue weighted by atomic mass is 35.5. The maximum Gasteiger partial charge on any atom is 0.161 e. The minimum Gasteiger partial charge on any atom is -0.493 e. The minimum absolute atomic E-state index is 0.486. The topological polar surface area (TPSA) is 33.7 Å². The zero-order valence-electron chi connectivity index (χ0n) is 16.2. The molecule has 27 heavy (non-hydrogen) atoms. The molecule has 1 atom stereocenters. The number of likely N-dealkylation sites (tertiary alicyclic amines) is 1. The molecule has 0 bridgehead atoms. The van der Waals surface area contributed by atoms with E-state index >= 15 is 0 Å². The second kappa shape index (κ2) is 9.98. The summed E-state index contributed by atoms with van der Waals surface area (Å²) in [6, 6.07) is 14.5. The highest BCUT2D eigenvalue weighted by Crippen LogP contribution is 2.29. The fourth-order valence-electron chi connectivity index (χ4n) is 3.61. The summed E-state index contributed by atoms with van der Waals surface area (Å²) in [6.45, 7) is 6.97. The molecule has 5 heteroatoms. The Morgan fingerprint density at radius 2 is 1.89 bits per heavy atom. The van der Waals surface area contributed by atoms with Gasteiger partial charge in [-0.1, -0.05) is 36.7 Å². The van der Waals surface area contributed by atoms with Crippen LogP contribution in [0.4, 0.5) is 0 Å². The monoisotopic (exact) mass is 388 g/mol. The fourth-order valence-corrected chi connectivity index (χ4v) is 3.73. The number of rotatable bonds is 9. The molecule has 0 aromatic heterocycles. The predicted octanol–water partition coefficient (Wildman–Crippen LogP) is 4.50. The van der Waals surface area contributed by atoms with E-state index in [1.54, 1.807) is 7.11 Å². The molecule has 2 aromatic rings. The average molecular weight is 389 g/mol. The molecular formula is C22H29ClN2O2. The van der Waals surface area contributed by atoms with E-state index in [2.05, 4.69) is 29.3 Å². The van der Waals surface area contributed by atoms with Crippen LogP contribution in [0.25, 0.3) is 0 Å². The Hall–Kier alpha value is -1.75. The van der Waals surface area contributed by atoms with Gasteiger partial charge in [0.2, 0.25) is 0 Å². The molecule has 0 amide bonds. The zero-order chi connectivity index (χ0) is 19.1. The summed E-state index contributed by atoms with van der Waals surface area (Å²) in [4.78, 5) is 2.56. The van der Waals surface area contributed by atoms with Gasteiger partial charge < -0.3 is 14.8 Å². The molecule has 1 fully saturated rings. The largest absolute Gasteiger partial charge is 0.493 e. The van der Waals surface area contributed by atoms with E-state index in [1.807, 2.05) is 30.3 Å². The van der Waals surface area contributed by atoms with Gasteiger partial charge >= 0.3 is 0 Å². The van der Waals surface area contributed by atoms with Crippen molar-refractivity contribution in [1.82, 2.24) is 10.2 Å². The Balaban J connectivity index is 1.53. The first-order valence-corrected chi connectivity index (χ1v) is 10.1. The minimum atomic E-state index is 0.486. The lowest BCUT2D eigenvalue weighted by atomic mass is 10.1. The molecule has 0 radical (unpaired) electrons. The van der Waals surface area contributed by atoms with Crippen molar-refractivity contribution < 1.29 is 9.47 Å². The van der Waals surface area contributed by atoms with Crippen molar-refractivity contribution in [2.24, 2.45) is 0 Å². The SMILES string of the molecule is CCN1CCC[C@@H]1CNCc1ccc(OCc2ccc(Cl)cc2)c(OC)c1. The predicted molar refractivity (Wildman–Crippen MR) is 111 cm³/mol. The maximum atomic E-state index is 5.93. The maximum absolute atomic E-state index is 5.93. The van der Waals surface area contributed by atoms with Crippen LogP contribution in [0.3, 0.4) is 0 Å². The highest BCUT2D eigenvalue weighted by molar-refractivity contribution is 6.30. The summed E-state index contributed by atoms with van der Waals surface area (Å²) in [5.74, 6) is 1.52. The Labute approximate surface area is 167 Å². The second-order valence-corrected chi connectivity index (χ2v) is 7.39. The van der Waals surface area contributed by atoms with E-state index < -0.39 is 0 Å². The molecule has 0 unspecified atom stereocenters. The first-order valence-electron chi connectivity index (χ1n) is 9.68. The third kappa shape index (κ3) is 5.61. The van der Waals surface area contributed by atoms with Gasteiger partial charge in [-0.05, 0) is 61.3 Å². The Morgan fingerprint density at radius 3 is 2.63 bits per heavy atom. The van der Waals surface area contributed by atoms with E-state index in [0.29, 0.717) is 12.6 Å². The number of nitrogens with zero attached hydrogens (tertiary/aromatic N) is 1. The van der Waals surface area contributed by atoms with Crippen LogP contribution in [0.15, 0.2) is 42.5 Å². The van der Waals surface area contributed by atoms with Crippen LogP contribution in [0.5, 0.6) is 11.5 Å². The Kier molecular flexibility index (Phi) is 7.39. The van der Waals surface area contributed by atoms with Crippen LogP contribution >= 0.6 is 11.6 Å². The Morgan fingerprint density at radius 1 is 1.11 bits per heavy atom. The summed E-state index contributed by atoms with van der Waals surface area (Å²) in [6.07, 6.45) is 2.61. The number of likely N-dealkylation sites (N-methyl/N-ethyl adjacent to an activating group) is 1. The van der Waals surface area contributed by atoms with Crippen LogP contribution < -0.4 is 14.8 Å². The van der Waals surface area contributed by atoms with Gasteiger partial charge in [0, 0.05) is 24.2 Å². The van der Waals surface area contributed by atoms with Gasteiger partial charge in [0.25, 0.3) is 0 Å². The fraction of sp³-hybridized carbons (Fsp3) is 0.455. The van der Waals surface area contributed by atoms with E-state index in [4.69, 9.17) is 21.1 Å². The van der Waals surface area contributed by atoms with Crippen LogP contribution in [-0.2, 0) is 13.2 Å². The lowest BCUT2D eigenvalue weighted by Gasteiger charge is -2.23. The number of halogens is 1. The van der Waals surface area contributed by atoms with Gasteiger partial charge in [0.05, 0.1) is 7.11 Å². The van der Waals surface area contributed by atoms with Crippen molar-refractivity contribution in [3.05, 3.63) is 58.6 Å². The third-order valence-electron chi connectivity index (χ3n) is 5.15. The number of methoxy groups -OCH3 is 1. The first-order chi connectivity index (χ1) is 13.2. The van der Waals surface area contributed by atoms with Crippen molar-refractivity contribution in [2.45, 2.75) is 39.0 Å². The van der Waals surface area contributed by atoms with Crippen LogP contribution in [0, 0.1) is 0 Å². The van der Waals surface area contributed by atoms with Crippen molar-refractivity contribution in [3.8, 4) is 11.5 Å². The molecule has 1 aliphatic heterocycles. The quantitative estimate of drug-likeness (QED) is 0.685. The normalized spacial score (nSPS) is 17.2. The van der Waals surface area contributed by atoms with Crippen LogP contribution in [0.2, 0.25) is 5.02 Å². The molecule has 1 saturated heterocycles. The number of benzene rings is 2. The van der Waals surface area contributed by atoms with E-state index in [9.17, 15) is 0 Å². The standard InChI is InChI=1S/C22H29ClN2O2/c1-3-25-12-4-5-20(25)15-24-14-18-8-11-21(22(13-18)26-2)27-16-17-6-9-19(23)10-7-17/h6-11,13,20,24H,3-5,12,14-16H2,1-2H3/t20-/m1/s1. The van der Waals surface area contributed by atoms with E-state index in [1.165, 1.54) is 24.9 Å². The highest BCUT2D eigenvalue weighted by Gasteiger charge is 2.22. The van der Waals surface area contributed by atoms with Gasteiger partial charge in [0.15, 0.2) is 11.5 Å². The van der Waals surface area contributed by atoms with Crippen molar-refractivity contribution >= 4 is 11.6 Å². The number of hydrogen-bond donors (Lipinski definition) is 1.